The van der Waals surface area contributed by atoms with E-state index < -0.39 is 4.92 Å². The molecule has 0 unspecified atom stereocenters. The maximum absolute atomic E-state index is 12.6. The number of para-hydroxylation sites is 1. The molecule has 0 radical (unpaired) electrons. The summed E-state index contributed by atoms with van der Waals surface area (Å²) in [5, 5.41) is 11.5. The smallest absolute Gasteiger partial charge is 0.270 e. The molecule has 6 heteroatoms. The van der Waals surface area contributed by atoms with Gasteiger partial charge in [-0.05, 0) is 35.8 Å². The molecule has 0 fully saturated rings. The minimum atomic E-state index is -0.416. The number of rotatable bonds is 2. The lowest BCUT2D eigenvalue weighted by molar-refractivity contribution is -0.384. The summed E-state index contributed by atoms with van der Waals surface area (Å²) in [7, 11) is 0. The predicted octanol–water partition coefficient (Wildman–Crippen LogP) is 3.25. The van der Waals surface area contributed by atoms with Crippen LogP contribution in [-0.2, 0) is 6.54 Å². The number of allylic oxidation sites excluding steroid dienone is 1. The minimum absolute atomic E-state index is 0.0435. The summed E-state index contributed by atoms with van der Waals surface area (Å²) in [6.45, 7) is 0.576. The lowest BCUT2D eigenvalue weighted by atomic mass is 10.1. The van der Waals surface area contributed by atoms with Crippen molar-refractivity contribution in [2.45, 2.75) is 13.0 Å². The minimum Gasteiger partial charge on any atom is -0.292 e. The van der Waals surface area contributed by atoms with Crippen molar-refractivity contribution in [2.24, 2.45) is 0 Å². The fourth-order valence-electron chi connectivity index (χ4n) is 3.03. The van der Waals surface area contributed by atoms with E-state index in [1.165, 1.54) is 12.1 Å². The van der Waals surface area contributed by atoms with Crippen molar-refractivity contribution < 1.29 is 4.92 Å². The van der Waals surface area contributed by atoms with E-state index in [-0.39, 0.29) is 11.2 Å². The van der Waals surface area contributed by atoms with Crippen molar-refractivity contribution in [2.75, 3.05) is 0 Å². The zero-order valence-electron chi connectivity index (χ0n) is 12.7. The molecule has 0 saturated heterocycles. The zero-order chi connectivity index (χ0) is 16.7. The number of aromatic nitrogens is 2. The Morgan fingerprint density at radius 2 is 2.00 bits per heavy atom. The molecule has 2 aromatic carbocycles. The van der Waals surface area contributed by atoms with Crippen LogP contribution in [0.1, 0.15) is 17.8 Å². The number of nitro benzene ring substituents is 1. The Bertz CT molecular complexity index is 1070. The first-order chi connectivity index (χ1) is 11.6. The van der Waals surface area contributed by atoms with Gasteiger partial charge in [0.2, 0.25) is 0 Å². The molecule has 3 aromatic rings. The van der Waals surface area contributed by atoms with Crippen molar-refractivity contribution >= 4 is 28.2 Å². The van der Waals surface area contributed by atoms with E-state index in [0.29, 0.717) is 29.7 Å². The zero-order valence-corrected chi connectivity index (χ0v) is 12.7. The first-order valence-corrected chi connectivity index (χ1v) is 7.58. The molecular weight excluding hydrogens is 306 g/mol. The van der Waals surface area contributed by atoms with E-state index in [4.69, 9.17) is 0 Å². The van der Waals surface area contributed by atoms with Gasteiger partial charge >= 0.3 is 0 Å². The maximum Gasteiger partial charge on any atom is 0.270 e. The second-order valence-corrected chi connectivity index (χ2v) is 5.68. The molecule has 0 saturated carbocycles. The molecular formula is C18H13N3O3. The third-order valence-corrected chi connectivity index (χ3v) is 4.18. The number of nitrogens with zero attached hydrogens (tertiary/aromatic N) is 3. The molecule has 1 aromatic heterocycles. The van der Waals surface area contributed by atoms with Gasteiger partial charge in [-0.2, -0.15) is 0 Å². The van der Waals surface area contributed by atoms with Crippen LogP contribution >= 0.6 is 0 Å². The van der Waals surface area contributed by atoms with E-state index >= 15 is 0 Å². The molecule has 0 aliphatic carbocycles. The number of nitro groups is 1. The third kappa shape index (κ3) is 2.28. The lowest BCUT2D eigenvalue weighted by Gasteiger charge is -2.05. The molecule has 24 heavy (non-hydrogen) atoms. The van der Waals surface area contributed by atoms with Gasteiger partial charge in [0.1, 0.15) is 5.82 Å². The predicted molar refractivity (Wildman–Crippen MR) is 91.6 cm³/mol. The van der Waals surface area contributed by atoms with Crippen LogP contribution in [0.2, 0.25) is 0 Å². The molecule has 1 aliphatic heterocycles. The highest BCUT2D eigenvalue weighted by Gasteiger charge is 2.20. The van der Waals surface area contributed by atoms with Gasteiger partial charge in [0.25, 0.3) is 11.2 Å². The van der Waals surface area contributed by atoms with Crippen LogP contribution in [0.25, 0.3) is 22.6 Å². The second kappa shape index (κ2) is 5.42. The first-order valence-electron chi connectivity index (χ1n) is 7.58. The number of non-ortho nitro benzene ring substituents is 1. The van der Waals surface area contributed by atoms with E-state index in [1.54, 1.807) is 16.7 Å². The van der Waals surface area contributed by atoms with Gasteiger partial charge in [0.05, 0.1) is 15.8 Å². The van der Waals surface area contributed by atoms with Crippen molar-refractivity contribution in [3.05, 3.63) is 80.4 Å². The molecule has 0 N–H and O–H groups in total. The summed E-state index contributed by atoms with van der Waals surface area (Å²) in [4.78, 5) is 27.7. The monoisotopic (exact) mass is 319 g/mol. The van der Waals surface area contributed by atoms with Gasteiger partial charge < -0.3 is 0 Å². The topological polar surface area (TPSA) is 78.0 Å². The van der Waals surface area contributed by atoms with Crippen LogP contribution in [0.3, 0.4) is 0 Å². The number of hydrogen-bond donors (Lipinski definition) is 0. The molecule has 0 atom stereocenters. The Hall–Kier alpha value is -3.28. The molecule has 1 aliphatic rings. The van der Waals surface area contributed by atoms with Gasteiger partial charge in [-0.15, -0.1) is 0 Å². The van der Waals surface area contributed by atoms with Gasteiger partial charge in [0.15, 0.2) is 0 Å². The molecule has 0 spiro atoms. The largest absolute Gasteiger partial charge is 0.292 e. The molecule has 2 heterocycles. The standard InChI is InChI=1S/C18H13N3O3/c22-18-15-6-1-2-7-16(15)19-17-13(8-9-20(17)18)10-12-4-3-5-14(11-12)21(23)24/h1-7,10-11H,8-9H2/b13-10+. The highest BCUT2D eigenvalue weighted by molar-refractivity contribution is 5.84. The fourth-order valence-corrected chi connectivity index (χ4v) is 3.03. The quantitative estimate of drug-likeness (QED) is 0.536. The number of fused-ring (bicyclic) bond motifs is 2. The van der Waals surface area contributed by atoms with E-state index in [1.807, 2.05) is 30.3 Å². The molecule has 118 valence electrons. The Morgan fingerprint density at radius 3 is 2.83 bits per heavy atom. The van der Waals surface area contributed by atoms with Crippen LogP contribution in [-0.4, -0.2) is 14.5 Å². The maximum atomic E-state index is 12.6. The normalized spacial score (nSPS) is 14.9. The molecule has 6 nitrogen and oxygen atoms in total. The Kier molecular flexibility index (Phi) is 3.23. The highest BCUT2D eigenvalue weighted by Crippen LogP contribution is 2.28. The SMILES string of the molecule is O=c1c2ccccc2nc2n1CC/C2=C\c1cccc([N+](=O)[O-])c1. The summed E-state index contributed by atoms with van der Waals surface area (Å²) in [5.41, 5.74) is 2.32. The fraction of sp³-hybridized carbons (Fsp3) is 0.111. The summed E-state index contributed by atoms with van der Waals surface area (Å²) >= 11 is 0. The average Bonchev–Trinajstić information content (AvgIpc) is 2.98. The number of benzene rings is 2. The Balaban J connectivity index is 1.86. The second-order valence-electron chi connectivity index (χ2n) is 5.68. The van der Waals surface area contributed by atoms with Crippen LogP contribution in [0, 0.1) is 10.1 Å². The Labute approximate surface area is 136 Å². The van der Waals surface area contributed by atoms with Crippen LogP contribution in [0.4, 0.5) is 5.69 Å². The summed E-state index contributed by atoms with van der Waals surface area (Å²) in [6, 6.07) is 13.7. The van der Waals surface area contributed by atoms with E-state index in [0.717, 1.165) is 11.1 Å². The molecule has 0 bridgehead atoms. The van der Waals surface area contributed by atoms with Crippen molar-refractivity contribution in [3.8, 4) is 0 Å². The average molecular weight is 319 g/mol. The van der Waals surface area contributed by atoms with Crippen LogP contribution in [0.15, 0.2) is 53.3 Å². The van der Waals surface area contributed by atoms with Gasteiger partial charge in [-0.3, -0.25) is 19.5 Å². The third-order valence-electron chi connectivity index (χ3n) is 4.18. The number of hydrogen-bond acceptors (Lipinski definition) is 4. The molecule has 4 rings (SSSR count). The van der Waals surface area contributed by atoms with Gasteiger partial charge in [0, 0.05) is 18.7 Å². The van der Waals surface area contributed by atoms with Crippen molar-refractivity contribution in [1.29, 1.82) is 0 Å². The highest BCUT2D eigenvalue weighted by atomic mass is 16.6. The van der Waals surface area contributed by atoms with Gasteiger partial charge in [-0.1, -0.05) is 24.3 Å². The Morgan fingerprint density at radius 1 is 1.17 bits per heavy atom. The van der Waals surface area contributed by atoms with Crippen molar-refractivity contribution in [1.82, 2.24) is 9.55 Å². The van der Waals surface area contributed by atoms with E-state index in [2.05, 4.69) is 4.98 Å². The summed E-state index contributed by atoms with van der Waals surface area (Å²) in [5.74, 6) is 0.644. The molecule has 0 amide bonds. The van der Waals surface area contributed by atoms with Gasteiger partial charge in [-0.25, -0.2) is 4.98 Å². The van der Waals surface area contributed by atoms with Crippen molar-refractivity contribution in [3.63, 3.8) is 0 Å². The lowest BCUT2D eigenvalue weighted by Crippen LogP contribution is -2.20. The first kappa shape index (κ1) is 14.3. The van der Waals surface area contributed by atoms with Crippen LogP contribution < -0.4 is 5.56 Å². The van der Waals surface area contributed by atoms with E-state index in [9.17, 15) is 14.9 Å². The summed E-state index contributed by atoms with van der Waals surface area (Å²) in [6.07, 6.45) is 2.55. The van der Waals surface area contributed by atoms with Crippen LogP contribution in [0.5, 0.6) is 0 Å². The summed E-state index contributed by atoms with van der Waals surface area (Å²) < 4.78 is 1.67.